The SMILES string of the molecule is CCCNC(C)c1nnnn1CC1(CC)CCCC1. The summed E-state index contributed by atoms with van der Waals surface area (Å²) in [7, 11) is 0. The maximum atomic E-state index is 4.22. The molecule has 0 aromatic carbocycles. The summed E-state index contributed by atoms with van der Waals surface area (Å²) in [5.41, 5.74) is 0.425. The quantitative estimate of drug-likeness (QED) is 0.823. The predicted octanol–water partition coefficient (Wildman–Crippen LogP) is 2.70. The average Bonchev–Trinajstić information content (AvgIpc) is 3.06. The predicted molar refractivity (Wildman–Crippen MR) is 75.7 cm³/mol. The van der Waals surface area contributed by atoms with E-state index in [0.29, 0.717) is 5.41 Å². The number of hydrogen-bond acceptors (Lipinski definition) is 4. The van der Waals surface area contributed by atoms with Crippen LogP contribution in [0.15, 0.2) is 0 Å². The zero-order valence-electron chi connectivity index (χ0n) is 12.5. The van der Waals surface area contributed by atoms with Crippen LogP contribution < -0.4 is 5.32 Å². The van der Waals surface area contributed by atoms with E-state index in [1.54, 1.807) is 0 Å². The minimum atomic E-state index is 0.227. The third-order valence-corrected chi connectivity index (χ3v) is 4.55. The normalized spacial score (nSPS) is 19.7. The Bertz CT molecular complexity index is 381. The second kappa shape index (κ2) is 6.46. The minimum Gasteiger partial charge on any atom is -0.307 e. The Morgan fingerprint density at radius 2 is 2.05 bits per heavy atom. The molecule has 19 heavy (non-hydrogen) atoms. The Morgan fingerprint density at radius 3 is 2.68 bits per heavy atom. The van der Waals surface area contributed by atoms with E-state index in [0.717, 1.165) is 25.3 Å². The van der Waals surface area contributed by atoms with Crippen molar-refractivity contribution in [2.24, 2.45) is 5.41 Å². The average molecular weight is 265 g/mol. The number of tetrazole rings is 1. The molecule has 1 aromatic rings. The third-order valence-electron chi connectivity index (χ3n) is 4.55. The molecule has 1 heterocycles. The lowest BCUT2D eigenvalue weighted by Gasteiger charge is -2.28. The number of nitrogens with zero attached hydrogens (tertiary/aromatic N) is 4. The number of nitrogens with one attached hydrogen (secondary N) is 1. The first-order chi connectivity index (χ1) is 9.21. The van der Waals surface area contributed by atoms with E-state index >= 15 is 0 Å². The van der Waals surface area contributed by atoms with Crippen molar-refractivity contribution in [2.45, 2.75) is 71.9 Å². The van der Waals surface area contributed by atoms with E-state index in [2.05, 4.69) is 41.6 Å². The van der Waals surface area contributed by atoms with Gasteiger partial charge in [0.15, 0.2) is 5.82 Å². The van der Waals surface area contributed by atoms with Crippen molar-refractivity contribution < 1.29 is 0 Å². The third kappa shape index (κ3) is 3.32. The van der Waals surface area contributed by atoms with E-state index in [4.69, 9.17) is 0 Å². The molecular weight excluding hydrogens is 238 g/mol. The highest BCUT2D eigenvalue weighted by Gasteiger charge is 2.33. The van der Waals surface area contributed by atoms with Gasteiger partial charge in [-0.2, -0.15) is 0 Å². The van der Waals surface area contributed by atoms with Gasteiger partial charge in [-0.1, -0.05) is 26.7 Å². The molecular formula is C14H27N5. The lowest BCUT2D eigenvalue weighted by molar-refractivity contribution is 0.219. The number of hydrogen-bond donors (Lipinski definition) is 1. The fourth-order valence-corrected chi connectivity index (χ4v) is 3.15. The highest BCUT2D eigenvalue weighted by molar-refractivity contribution is 4.93. The smallest absolute Gasteiger partial charge is 0.167 e. The summed E-state index contributed by atoms with van der Waals surface area (Å²) < 4.78 is 2.03. The Balaban J connectivity index is 2.06. The van der Waals surface area contributed by atoms with Gasteiger partial charge in [-0.15, -0.1) is 5.10 Å². The second-order valence-electron chi connectivity index (χ2n) is 5.93. The van der Waals surface area contributed by atoms with Gasteiger partial charge in [-0.05, 0) is 55.0 Å². The van der Waals surface area contributed by atoms with Gasteiger partial charge in [0.2, 0.25) is 0 Å². The molecule has 1 saturated carbocycles. The van der Waals surface area contributed by atoms with Crippen LogP contribution in [-0.4, -0.2) is 26.8 Å². The molecule has 0 radical (unpaired) electrons. The van der Waals surface area contributed by atoms with Gasteiger partial charge in [0.05, 0.1) is 12.6 Å². The summed E-state index contributed by atoms with van der Waals surface area (Å²) in [6.07, 6.45) is 7.71. The van der Waals surface area contributed by atoms with Crippen LogP contribution in [-0.2, 0) is 6.54 Å². The van der Waals surface area contributed by atoms with E-state index in [1.165, 1.54) is 32.1 Å². The van der Waals surface area contributed by atoms with Gasteiger partial charge in [0.1, 0.15) is 0 Å². The molecule has 0 saturated heterocycles. The standard InChI is InChI=1S/C14H27N5/c1-4-10-15-12(3)13-16-17-18-19(13)11-14(5-2)8-6-7-9-14/h12,15H,4-11H2,1-3H3. The van der Waals surface area contributed by atoms with Crippen molar-refractivity contribution in [1.29, 1.82) is 0 Å². The van der Waals surface area contributed by atoms with Crippen LogP contribution in [0.25, 0.3) is 0 Å². The Morgan fingerprint density at radius 1 is 1.32 bits per heavy atom. The summed E-state index contributed by atoms with van der Waals surface area (Å²) in [6.45, 7) is 8.60. The molecule has 1 atom stereocenters. The monoisotopic (exact) mass is 265 g/mol. The first-order valence-corrected chi connectivity index (χ1v) is 7.70. The van der Waals surface area contributed by atoms with Gasteiger partial charge in [0.25, 0.3) is 0 Å². The number of rotatable bonds is 7. The molecule has 5 heteroatoms. The summed E-state index contributed by atoms with van der Waals surface area (Å²) in [5.74, 6) is 0.980. The van der Waals surface area contributed by atoms with Gasteiger partial charge in [-0.3, -0.25) is 0 Å². The fraction of sp³-hybridized carbons (Fsp3) is 0.929. The van der Waals surface area contributed by atoms with Crippen LogP contribution in [0, 0.1) is 5.41 Å². The molecule has 5 nitrogen and oxygen atoms in total. The lowest BCUT2D eigenvalue weighted by Crippen LogP contribution is -2.28. The second-order valence-corrected chi connectivity index (χ2v) is 5.93. The van der Waals surface area contributed by atoms with Crippen LogP contribution in [0.4, 0.5) is 0 Å². The topological polar surface area (TPSA) is 55.6 Å². The van der Waals surface area contributed by atoms with Crippen LogP contribution >= 0.6 is 0 Å². The van der Waals surface area contributed by atoms with Crippen molar-refractivity contribution in [2.75, 3.05) is 6.54 Å². The van der Waals surface area contributed by atoms with Crippen molar-refractivity contribution >= 4 is 0 Å². The molecule has 1 aliphatic carbocycles. The molecule has 0 aliphatic heterocycles. The first kappa shape index (κ1) is 14.4. The largest absolute Gasteiger partial charge is 0.307 e. The molecule has 2 rings (SSSR count). The van der Waals surface area contributed by atoms with Gasteiger partial charge in [0, 0.05) is 0 Å². The van der Waals surface area contributed by atoms with Crippen molar-refractivity contribution in [3.05, 3.63) is 5.82 Å². The van der Waals surface area contributed by atoms with E-state index in [1.807, 2.05) is 4.68 Å². The van der Waals surface area contributed by atoms with E-state index in [-0.39, 0.29) is 6.04 Å². The number of aromatic nitrogens is 4. The van der Waals surface area contributed by atoms with Crippen LogP contribution in [0.5, 0.6) is 0 Å². The highest BCUT2D eigenvalue weighted by Crippen LogP contribution is 2.42. The molecule has 1 fully saturated rings. The van der Waals surface area contributed by atoms with Crippen LogP contribution in [0.1, 0.15) is 71.2 Å². The molecule has 1 unspecified atom stereocenters. The van der Waals surface area contributed by atoms with Gasteiger partial charge < -0.3 is 5.32 Å². The molecule has 1 aliphatic rings. The summed E-state index contributed by atoms with van der Waals surface area (Å²) >= 11 is 0. The Hall–Kier alpha value is -0.970. The van der Waals surface area contributed by atoms with Crippen molar-refractivity contribution in [1.82, 2.24) is 25.5 Å². The maximum Gasteiger partial charge on any atom is 0.167 e. The zero-order chi connectivity index (χ0) is 13.7. The van der Waals surface area contributed by atoms with E-state index in [9.17, 15) is 0 Å². The fourth-order valence-electron chi connectivity index (χ4n) is 3.15. The maximum absolute atomic E-state index is 4.22. The van der Waals surface area contributed by atoms with Crippen LogP contribution in [0.3, 0.4) is 0 Å². The Labute approximate surface area is 116 Å². The summed E-state index contributed by atoms with van der Waals surface area (Å²) in [6, 6.07) is 0.227. The molecule has 1 N–H and O–H groups in total. The van der Waals surface area contributed by atoms with E-state index < -0.39 is 0 Å². The Kier molecular flexibility index (Phi) is 4.91. The molecule has 0 bridgehead atoms. The highest BCUT2D eigenvalue weighted by atomic mass is 15.5. The van der Waals surface area contributed by atoms with Crippen molar-refractivity contribution in [3.8, 4) is 0 Å². The molecule has 0 amide bonds. The molecule has 108 valence electrons. The van der Waals surface area contributed by atoms with Gasteiger partial charge >= 0.3 is 0 Å². The zero-order valence-corrected chi connectivity index (χ0v) is 12.5. The molecule has 1 aromatic heterocycles. The first-order valence-electron chi connectivity index (χ1n) is 7.70. The summed E-state index contributed by atoms with van der Waals surface area (Å²) in [5, 5.41) is 15.8. The van der Waals surface area contributed by atoms with Crippen molar-refractivity contribution in [3.63, 3.8) is 0 Å². The minimum absolute atomic E-state index is 0.227. The van der Waals surface area contributed by atoms with Gasteiger partial charge in [-0.25, -0.2) is 4.68 Å². The van der Waals surface area contributed by atoms with Crippen LogP contribution in [0.2, 0.25) is 0 Å². The summed E-state index contributed by atoms with van der Waals surface area (Å²) in [4.78, 5) is 0. The lowest BCUT2D eigenvalue weighted by atomic mass is 9.83. The molecule has 0 spiro atoms.